The summed E-state index contributed by atoms with van der Waals surface area (Å²) in [5, 5.41) is 7.09. The van der Waals surface area contributed by atoms with Gasteiger partial charge in [0.05, 0.1) is 20.2 Å². The van der Waals surface area contributed by atoms with Crippen LogP contribution in [-0.2, 0) is 16.1 Å². The summed E-state index contributed by atoms with van der Waals surface area (Å²) < 4.78 is 6.52. The van der Waals surface area contributed by atoms with E-state index >= 15 is 0 Å². The van der Waals surface area contributed by atoms with Crippen LogP contribution in [0, 0.1) is 0 Å². The van der Waals surface area contributed by atoms with E-state index < -0.39 is 0 Å². The molecule has 0 saturated heterocycles. The zero-order valence-corrected chi connectivity index (χ0v) is 15.0. The Bertz CT molecular complexity index is 791. The van der Waals surface area contributed by atoms with Gasteiger partial charge in [0.15, 0.2) is 0 Å². The summed E-state index contributed by atoms with van der Waals surface area (Å²) in [6, 6.07) is 5.26. The van der Waals surface area contributed by atoms with Gasteiger partial charge in [-0.1, -0.05) is 13.0 Å². The molecule has 1 aliphatic rings. The second-order valence-corrected chi connectivity index (χ2v) is 6.43. The third kappa shape index (κ3) is 3.88. The highest BCUT2D eigenvalue weighted by molar-refractivity contribution is 6.01. The van der Waals surface area contributed by atoms with Crippen molar-refractivity contribution in [3.63, 3.8) is 0 Å². The Morgan fingerprint density at radius 2 is 2.23 bits per heavy atom. The molecule has 0 aliphatic carbocycles. The van der Waals surface area contributed by atoms with Gasteiger partial charge in [-0.3, -0.25) is 24.8 Å². The first-order valence-electron chi connectivity index (χ1n) is 8.42. The molecule has 9 nitrogen and oxygen atoms in total. The fourth-order valence-electron chi connectivity index (χ4n) is 3.07. The number of anilines is 1. The number of methoxy groups -OCH3 is 1. The number of hydrogen-bond acceptors (Lipinski definition) is 7. The van der Waals surface area contributed by atoms with Crippen molar-refractivity contribution in [1.29, 1.82) is 0 Å². The van der Waals surface area contributed by atoms with Crippen LogP contribution >= 0.6 is 0 Å². The maximum absolute atomic E-state index is 12.2. The number of likely N-dealkylation sites (N-methyl/N-ethyl adjacent to an activating group) is 1. The van der Waals surface area contributed by atoms with Gasteiger partial charge in [-0.05, 0) is 25.6 Å². The standard InChI is InChI=1S/C17H22N6O3/c1-11-8-12(22(2)10-14(24)26-3)9-23-15(11)19-17(21-23)20-16(25)13-6-4-5-7-18-13/h4-7,11-12H,8-10H2,1-3H3,(H,20,21,25). The molecule has 0 spiro atoms. The number of nitrogens with zero attached hydrogens (tertiary/aromatic N) is 5. The van der Waals surface area contributed by atoms with Gasteiger partial charge in [0.25, 0.3) is 5.91 Å². The van der Waals surface area contributed by atoms with Crippen LogP contribution < -0.4 is 5.32 Å². The van der Waals surface area contributed by atoms with E-state index in [0.717, 1.165) is 12.2 Å². The molecule has 26 heavy (non-hydrogen) atoms. The van der Waals surface area contributed by atoms with Gasteiger partial charge < -0.3 is 4.74 Å². The predicted molar refractivity (Wildman–Crippen MR) is 93.7 cm³/mol. The Balaban J connectivity index is 1.71. The number of carbonyl (C=O) groups is 2. The van der Waals surface area contributed by atoms with Gasteiger partial charge in [-0.2, -0.15) is 4.98 Å². The van der Waals surface area contributed by atoms with Crippen molar-refractivity contribution in [2.75, 3.05) is 26.0 Å². The summed E-state index contributed by atoms with van der Waals surface area (Å²) in [5.74, 6) is 0.623. The Labute approximate surface area is 151 Å². The first-order chi connectivity index (χ1) is 12.5. The number of carbonyl (C=O) groups excluding carboxylic acids is 2. The van der Waals surface area contributed by atoms with Crippen molar-refractivity contribution in [2.45, 2.75) is 31.8 Å². The van der Waals surface area contributed by atoms with Crippen molar-refractivity contribution >= 4 is 17.8 Å². The smallest absolute Gasteiger partial charge is 0.319 e. The quantitative estimate of drug-likeness (QED) is 0.792. The molecular weight excluding hydrogens is 336 g/mol. The lowest BCUT2D eigenvalue weighted by Gasteiger charge is -2.33. The SMILES string of the molecule is COC(=O)CN(C)C1CC(C)c2nc(NC(=O)c3ccccn3)nn2C1. The molecule has 0 saturated carbocycles. The molecule has 1 amide bonds. The zero-order chi connectivity index (χ0) is 18.7. The number of hydrogen-bond donors (Lipinski definition) is 1. The molecule has 2 unspecified atom stereocenters. The van der Waals surface area contributed by atoms with Gasteiger partial charge in [0.2, 0.25) is 5.95 Å². The minimum Gasteiger partial charge on any atom is -0.468 e. The van der Waals surface area contributed by atoms with E-state index in [1.807, 2.05) is 11.9 Å². The first kappa shape index (κ1) is 18.0. The number of nitrogens with one attached hydrogen (secondary N) is 1. The molecule has 1 N–H and O–H groups in total. The van der Waals surface area contributed by atoms with Crippen LogP contribution in [0.3, 0.4) is 0 Å². The molecule has 138 valence electrons. The topological polar surface area (TPSA) is 102 Å². The zero-order valence-electron chi connectivity index (χ0n) is 15.0. The molecule has 0 radical (unpaired) electrons. The Kier molecular flexibility index (Phi) is 5.27. The third-order valence-corrected chi connectivity index (χ3v) is 4.50. The van der Waals surface area contributed by atoms with Crippen molar-refractivity contribution in [3.05, 3.63) is 35.9 Å². The van der Waals surface area contributed by atoms with Crippen LogP contribution in [0.15, 0.2) is 24.4 Å². The Morgan fingerprint density at radius 3 is 2.92 bits per heavy atom. The molecule has 0 aromatic carbocycles. The first-order valence-corrected chi connectivity index (χ1v) is 8.42. The molecule has 1 aliphatic heterocycles. The summed E-state index contributed by atoms with van der Waals surface area (Å²) in [7, 11) is 3.27. The molecule has 3 rings (SSSR count). The van der Waals surface area contributed by atoms with E-state index in [2.05, 4.69) is 27.3 Å². The molecule has 2 aromatic heterocycles. The lowest BCUT2D eigenvalue weighted by Crippen LogP contribution is -2.42. The van der Waals surface area contributed by atoms with E-state index in [0.29, 0.717) is 12.2 Å². The Hall–Kier alpha value is -2.81. The molecule has 0 bridgehead atoms. The molecule has 3 heterocycles. The van der Waals surface area contributed by atoms with Crippen LogP contribution in [-0.4, -0.2) is 63.3 Å². The fraction of sp³-hybridized carbons (Fsp3) is 0.471. The van der Waals surface area contributed by atoms with Crippen molar-refractivity contribution in [2.24, 2.45) is 0 Å². The van der Waals surface area contributed by atoms with Crippen molar-refractivity contribution in [1.82, 2.24) is 24.6 Å². The minimum absolute atomic E-state index is 0.137. The number of esters is 1. The monoisotopic (exact) mass is 358 g/mol. The highest BCUT2D eigenvalue weighted by Gasteiger charge is 2.30. The summed E-state index contributed by atoms with van der Waals surface area (Å²) in [6.07, 6.45) is 2.41. The van der Waals surface area contributed by atoms with Gasteiger partial charge in [0.1, 0.15) is 11.5 Å². The summed E-state index contributed by atoms with van der Waals surface area (Å²) >= 11 is 0. The lowest BCUT2D eigenvalue weighted by atomic mass is 9.96. The lowest BCUT2D eigenvalue weighted by molar-refractivity contribution is -0.142. The summed E-state index contributed by atoms with van der Waals surface area (Å²) in [5.41, 5.74) is 0.309. The fourth-order valence-corrected chi connectivity index (χ4v) is 3.07. The molecule has 0 fully saturated rings. The predicted octanol–water partition coefficient (Wildman–Crippen LogP) is 0.906. The average Bonchev–Trinajstić information content (AvgIpc) is 3.05. The average molecular weight is 358 g/mol. The maximum atomic E-state index is 12.2. The van der Waals surface area contributed by atoms with Gasteiger partial charge >= 0.3 is 5.97 Å². The van der Waals surface area contributed by atoms with Crippen molar-refractivity contribution < 1.29 is 14.3 Å². The summed E-state index contributed by atoms with van der Waals surface area (Å²) in [4.78, 5) is 34.1. The molecule has 9 heteroatoms. The highest BCUT2D eigenvalue weighted by atomic mass is 16.5. The normalized spacial score (nSPS) is 19.1. The van der Waals surface area contributed by atoms with E-state index in [1.54, 1.807) is 29.1 Å². The third-order valence-electron chi connectivity index (χ3n) is 4.50. The molecular formula is C17H22N6O3. The van der Waals surface area contributed by atoms with E-state index in [-0.39, 0.29) is 36.3 Å². The van der Waals surface area contributed by atoms with E-state index in [4.69, 9.17) is 4.74 Å². The van der Waals surface area contributed by atoms with E-state index in [9.17, 15) is 9.59 Å². The summed E-state index contributed by atoms with van der Waals surface area (Å²) in [6.45, 7) is 2.88. The van der Waals surface area contributed by atoms with Crippen LogP contribution in [0.25, 0.3) is 0 Å². The molecule has 2 atom stereocenters. The molecule has 2 aromatic rings. The van der Waals surface area contributed by atoms with Crippen LogP contribution in [0.5, 0.6) is 0 Å². The van der Waals surface area contributed by atoms with Gasteiger partial charge in [-0.15, -0.1) is 5.10 Å². The number of ether oxygens (including phenoxy) is 1. The second kappa shape index (κ2) is 7.61. The second-order valence-electron chi connectivity index (χ2n) is 6.43. The van der Waals surface area contributed by atoms with Crippen LogP contribution in [0.1, 0.15) is 35.6 Å². The maximum Gasteiger partial charge on any atom is 0.319 e. The number of amides is 1. The van der Waals surface area contributed by atoms with Crippen LogP contribution in [0.4, 0.5) is 5.95 Å². The minimum atomic E-state index is -0.347. The highest BCUT2D eigenvalue weighted by Crippen LogP contribution is 2.28. The van der Waals surface area contributed by atoms with E-state index in [1.165, 1.54) is 7.11 Å². The number of rotatable bonds is 5. The number of fused-ring (bicyclic) bond motifs is 1. The number of aromatic nitrogens is 4. The van der Waals surface area contributed by atoms with Gasteiger partial charge in [0, 0.05) is 18.2 Å². The Morgan fingerprint density at radius 1 is 1.42 bits per heavy atom. The largest absolute Gasteiger partial charge is 0.468 e. The van der Waals surface area contributed by atoms with Gasteiger partial charge in [-0.25, -0.2) is 4.68 Å². The van der Waals surface area contributed by atoms with Crippen molar-refractivity contribution in [3.8, 4) is 0 Å². The van der Waals surface area contributed by atoms with Crippen LogP contribution in [0.2, 0.25) is 0 Å². The number of pyridine rings is 1.